The van der Waals surface area contributed by atoms with E-state index in [2.05, 4.69) is 9.97 Å². The molecule has 0 aromatic carbocycles. The second kappa shape index (κ2) is 5.77. The number of carboxylic acid groups (broad SMARTS) is 1. The summed E-state index contributed by atoms with van der Waals surface area (Å²) >= 11 is 1.48. The van der Waals surface area contributed by atoms with Crippen LogP contribution in [0, 0.1) is 20.8 Å². The molecule has 2 aromatic rings. The van der Waals surface area contributed by atoms with Crippen LogP contribution >= 0.6 is 11.3 Å². The predicted molar refractivity (Wildman–Crippen MR) is 80.0 cm³/mol. The van der Waals surface area contributed by atoms with Gasteiger partial charge in [-0.15, -0.1) is 11.3 Å². The van der Waals surface area contributed by atoms with Gasteiger partial charge in [0, 0.05) is 28.0 Å². The van der Waals surface area contributed by atoms with Crippen LogP contribution in [0.5, 0.6) is 0 Å². The number of aliphatic carboxylic acids is 1. The van der Waals surface area contributed by atoms with Crippen molar-refractivity contribution in [3.05, 3.63) is 43.5 Å². The molecule has 0 aliphatic carbocycles. The molecule has 6 nitrogen and oxygen atoms in total. The highest BCUT2D eigenvalue weighted by Gasteiger charge is 2.20. The maximum Gasteiger partial charge on any atom is 0.348 e. The van der Waals surface area contributed by atoms with E-state index in [1.54, 1.807) is 13.8 Å². The summed E-state index contributed by atoms with van der Waals surface area (Å²) in [6.45, 7) is 7.18. The van der Waals surface area contributed by atoms with E-state index in [-0.39, 0.29) is 18.2 Å². The summed E-state index contributed by atoms with van der Waals surface area (Å²) in [5, 5.41) is 11.7. The third-order valence-corrected chi connectivity index (χ3v) is 4.55. The summed E-state index contributed by atoms with van der Waals surface area (Å²) in [4.78, 5) is 31.5. The lowest BCUT2D eigenvalue weighted by Crippen LogP contribution is -2.31. The fourth-order valence-electron chi connectivity index (χ4n) is 2.35. The van der Waals surface area contributed by atoms with E-state index in [1.165, 1.54) is 15.9 Å². The quantitative estimate of drug-likeness (QED) is 0.932. The Morgan fingerprint density at radius 3 is 2.57 bits per heavy atom. The third-order valence-electron chi connectivity index (χ3n) is 3.41. The van der Waals surface area contributed by atoms with Crippen LogP contribution in [-0.4, -0.2) is 25.6 Å². The fraction of sp³-hybridized carbons (Fsp3) is 0.429. The number of aromatic nitrogens is 3. The average molecular weight is 307 g/mol. The summed E-state index contributed by atoms with van der Waals surface area (Å²) in [7, 11) is 0. The Labute approximate surface area is 126 Å². The van der Waals surface area contributed by atoms with Crippen molar-refractivity contribution in [1.82, 2.24) is 14.5 Å². The molecule has 0 saturated heterocycles. The third kappa shape index (κ3) is 3.02. The van der Waals surface area contributed by atoms with Gasteiger partial charge in [-0.2, -0.15) is 4.98 Å². The number of nitrogens with zero attached hydrogens (tertiary/aromatic N) is 3. The minimum atomic E-state index is -0.939. The van der Waals surface area contributed by atoms with Crippen molar-refractivity contribution in [3.63, 3.8) is 0 Å². The first-order chi connectivity index (χ1) is 9.81. The van der Waals surface area contributed by atoms with Gasteiger partial charge in [0.1, 0.15) is 5.01 Å². The van der Waals surface area contributed by atoms with Crippen LogP contribution < -0.4 is 5.69 Å². The maximum absolute atomic E-state index is 12.2. The van der Waals surface area contributed by atoms with Crippen LogP contribution in [0.15, 0.2) is 10.2 Å². The van der Waals surface area contributed by atoms with Crippen molar-refractivity contribution >= 4 is 17.3 Å². The number of hydrogen-bond acceptors (Lipinski definition) is 5. The van der Waals surface area contributed by atoms with Crippen LogP contribution in [0.2, 0.25) is 0 Å². The molecule has 0 saturated carbocycles. The minimum absolute atomic E-state index is 0.144. The van der Waals surface area contributed by atoms with Crippen molar-refractivity contribution in [2.75, 3.05) is 0 Å². The van der Waals surface area contributed by atoms with Crippen LogP contribution in [0.3, 0.4) is 0 Å². The highest BCUT2D eigenvalue weighted by molar-refractivity contribution is 7.09. The van der Waals surface area contributed by atoms with Crippen LogP contribution in [-0.2, 0) is 11.2 Å². The highest BCUT2D eigenvalue weighted by atomic mass is 32.1. The molecule has 0 fully saturated rings. The topological polar surface area (TPSA) is 85.1 Å². The largest absolute Gasteiger partial charge is 0.481 e. The van der Waals surface area contributed by atoms with Gasteiger partial charge in [0.05, 0.1) is 12.5 Å². The number of thiazole rings is 1. The van der Waals surface area contributed by atoms with Gasteiger partial charge in [-0.3, -0.25) is 9.36 Å². The molecule has 112 valence electrons. The summed E-state index contributed by atoms with van der Waals surface area (Å²) in [5.74, 6) is -0.939. The molecule has 1 N–H and O–H groups in total. The minimum Gasteiger partial charge on any atom is -0.481 e. The van der Waals surface area contributed by atoms with Crippen molar-refractivity contribution in [1.29, 1.82) is 0 Å². The van der Waals surface area contributed by atoms with E-state index >= 15 is 0 Å². The first kappa shape index (κ1) is 15.4. The molecule has 0 spiro atoms. The Bertz CT molecular complexity index is 748. The number of hydrogen-bond donors (Lipinski definition) is 1. The molecule has 2 heterocycles. The average Bonchev–Trinajstić information content (AvgIpc) is 2.80. The van der Waals surface area contributed by atoms with E-state index < -0.39 is 5.97 Å². The molecule has 21 heavy (non-hydrogen) atoms. The summed E-state index contributed by atoms with van der Waals surface area (Å²) in [6.07, 6.45) is -0.144. The Kier molecular flexibility index (Phi) is 4.22. The summed E-state index contributed by atoms with van der Waals surface area (Å²) in [6, 6.07) is -0.267. The Morgan fingerprint density at radius 2 is 2.05 bits per heavy atom. The van der Waals surface area contributed by atoms with Crippen LogP contribution in [0.25, 0.3) is 0 Å². The maximum atomic E-state index is 12.2. The van der Waals surface area contributed by atoms with E-state index in [1.807, 2.05) is 19.2 Å². The van der Waals surface area contributed by atoms with E-state index in [0.717, 1.165) is 10.7 Å². The summed E-state index contributed by atoms with van der Waals surface area (Å²) in [5.41, 5.74) is 2.22. The Morgan fingerprint density at radius 1 is 1.38 bits per heavy atom. The molecule has 0 aliphatic heterocycles. The van der Waals surface area contributed by atoms with Gasteiger partial charge in [0.25, 0.3) is 0 Å². The zero-order valence-electron chi connectivity index (χ0n) is 12.4. The number of carbonyl (C=O) groups is 1. The molecule has 0 radical (unpaired) electrons. The van der Waals surface area contributed by atoms with E-state index in [0.29, 0.717) is 17.0 Å². The first-order valence-corrected chi connectivity index (χ1v) is 7.41. The van der Waals surface area contributed by atoms with Crippen LogP contribution in [0.4, 0.5) is 0 Å². The molecule has 0 bridgehead atoms. The molecule has 0 amide bonds. The second-order valence-corrected chi connectivity index (χ2v) is 5.88. The van der Waals surface area contributed by atoms with Gasteiger partial charge >= 0.3 is 11.7 Å². The normalized spacial score (nSPS) is 12.4. The standard InChI is InChI=1S/C14H17N3O3S/c1-7-6-21-13(15-7)10(4)17-9(3)11(5-12(18)19)8(2)16-14(17)20/h6,10H,5H2,1-4H3,(H,18,19). The lowest BCUT2D eigenvalue weighted by Gasteiger charge is -2.19. The van der Waals surface area contributed by atoms with Crippen molar-refractivity contribution in [2.24, 2.45) is 0 Å². The molecule has 2 rings (SSSR count). The molecule has 1 unspecified atom stereocenters. The molecule has 1 atom stereocenters. The zero-order chi connectivity index (χ0) is 15.7. The first-order valence-electron chi connectivity index (χ1n) is 6.53. The van der Waals surface area contributed by atoms with Gasteiger partial charge in [-0.25, -0.2) is 9.78 Å². The monoisotopic (exact) mass is 307 g/mol. The Balaban J connectivity index is 2.58. The number of aryl methyl sites for hydroxylation is 2. The van der Waals surface area contributed by atoms with Crippen molar-refractivity contribution < 1.29 is 9.90 Å². The van der Waals surface area contributed by atoms with Gasteiger partial charge < -0.3 is 5.11 Å². The lowest BCUT2D eigenvalue weighted by molar-refractivity contribution is -0.136. The van der Waals surface area contributed by atoms with Crippen LogP contribution in [0.1, 0.15) is 40.6 Å². The predicted octanol–water partition coefficient (Wildman–Crippen LogP) is 1.86. The van der Waals surface area contributed by atoms with Crippen molar-refractivity contribution in [2.45, 2.75) is 40.2 Å². The number of carboxylic acids is 1. The summed E-state index contributed by atoms with van der Waals surface area (Å²) < 4.78 is 1.52. The van der Waals surface area contributed by atoms with Gasteiger partial charge in [0.2, 0.25) is 0 Å². The van der Waals surface area contributed by atoms with Gasteiger partial charge in [-0.1, -0.05) is 0 Å². The molecule has 7 heteroatoms. The van der Waals surface area contributed by atoms with Crippen molar-refractivity contribution in [3.8, 4) is 0 Å². The smallest absolute Gasteiger partial charge is 0.348 e. The molecular formula is C14H17N3O3S. The number of rotatable bonds is 4. The van der Waals surface area contributed by atoms with Gasteiger partial charge in [0.15, 0.2) is 0 Å². The van der Waals surface area contributed by atoms with E-state index in [9.17, 15) is 9.59 Å². The SMILES string of the molecule is Cc1csc(C(C)n2c(C)c(CC(=O)O)c(C)nc2=O)n1. The zero-order valence-corrected chi connectivity index (χ0v) is 13.2. The Hall–Kier alpha value is -2.02. The lowest BCUT2D eigenvalue weighted by atomic mass is 10.1. The van der Waals surface area contributed by atoms with Gasteiger partial charge in [-0.05, 0) is 27.7 Å². The highest BCUT2D eigenvalue weighted by Crippen LogP contribution is 2.23. The second-order valence-electron chi connectivity index (χ2n) is 4.99. The fourth-order valence-corrected chi connectivity index (χ4v) is 3.20. The molecule has 0 aliphatic rings. The van der Waals surface area contributed by atoms with E-state index in [4.69, 9.17) is 5.11 Å². The molecule has 2 aromatic heterocycles. The molecular weight excluding hydrogens is 290 g/mol.